The largest absolute Gasteiger partial charge is 0.0991 e. The SMILES string of the molecule is C=C(C(C)C)C1(C)CC1. The quantitative estimate of drug-likeness (QED) is 0.496. The Morgan fingerprint density at radius 3 is 2.00 bits per heavy atom. The van der Waals surface area contributed by atoms with Crippen molar-refractivity contribution in [3.05, 3.63) is 12.2 Å². The van der Waals surface area contributed by atoms with Gasteiger partial charge in [-0.1, -0.05) is 32.9 Å². The van der Waals surface area contributed by atoms with Crippen LogP contribution in [0, 0.1) is 11.3 Å². The number of allylic oxidation sites excluding steroid dienone is 1. The van der Waals surface area contributed by atoms with E-state index >= 15 is 0 Å². The van der Waals surface area contributed by atoms with Gasteiger partial charge < -0.3 is 0 Å². The molecule has 1 rings (SSSR count). The monoisotopic (exact) mass is 124 g/mol. The molecule has 1 aliphatic rings. The van der Waals surface area contributed by atoms with Gasteiger partial charge in [0, 0.05) is 0 Å². The summed E-state index contributed by atoms with van der Waals surface area (Å²) in [5.41, 5.74) is 1.98. The average Bonchev–Trinajstić information content (AvgIpc) is 2.47. The molecule has 52 valence electrons. The molecule has 0 atom stereocenters. The van der Waals surface area contributed by atoms with Gasteiger partial charge in [-0.05, 0) is 24.2 Å². The van der Waals surface area contributed by atoms with Crippen LogP contribution in [0.5, 0.6) is 0 Å². The van der Waals surface area contributed by atoms with Crippen molar-refractivity contribution in [2.75, 3.05) is 0 Å². The van der Waals surface area contributed by atoms with E-state index in [2.05, 4.69) is 27.4 Å². The highest BCUT2D eigenvalue weighted by molar-refractivity contribution is 5.18. The lowest BCUT2D eigenvalue weighted by Crippen LogP contribution is -2.03. The zero-order valence-electron chi connectivity index (χ0n) is 6.70. The van der Waals surface area contributed by atoms with Gasteiger partial charge in [-0.3, -0.25) is 0 Å². The van der Waals surface area contributed by atoms with E-state index in [0.29, 0.717) is 11.3 Å². The average molecular weight is 124 g/mol. The van der Waals surface area contributed by atoms with Crippen LogP contribution < -0.4 is 0 Å². The molecule has 9 heavy (non-hydrogen) atoms. The van der Waals surface area contributed by atoms with Gasteiger partial charge in [0.2, 0.25) is 0 Å². The molecular formula is C9H16. The Bertz CT molecular complexity index is 127. The molecular weight excluding hydrogens is 108 g/mol. The predicted octanol–water partition coefficient (Wildman–Crippen LogP) is 3.00. The molecule has 0 saturated heterocycles. The summed E-state index contributed by atoms with van der Waals surface area (Å²) in [4.78, 5) is 0. The van der Waals surface area contributed by atoms with Gasteiger partial charge >= 0.3 is 0 Å². The van der Waals surface area contributed by atoms with Gasteiger partial charge in [-0.2, -0.15) is 0 Å². The van der Waals surface area contributed by atoms with Gasteiger partial charge in [-0.25, -0.2) is 0 Å². The van der Waals surface area contributed by atoms with E-state index in [0.717, 1.165) is 0 Å². The maximum Gasteiger partial charge on any atom is -0.0116 e. The molecule has 0 aromatic carbocycles. The number of hydrogen-bond acceptors (Lipinski definition) is 0. The lowest BCUT2D eigenvalue weighted by molar-refractivity contribution is 0.580. The lowest BCUT2D eigenvalue weighted by Gasteiger charge is -2.15. The highest BCUT2D eigenvalue weighted by atomic mass is 14.4. The highest BCUT2D eigenvalue weighted by Crippen LogP contribution is 2.52. The molecule has 0 aromatic rings. The fourth-order valence-electron chi connectivity index (χ4n) is 1.21. The molecule has 0 nitrogen and oxygen atoms in total. The van der Waals surface area contributed by atoms with Gasteiger partial charge in [0.25, 0.3) is 0 Å². The summed E-state index contributed by atoms with van der Waals surface area (Å²) in [6.07, 6.45) is 2.73. The van der Waals surface area contributed by atoms with Crippen LogP contribution in [-0.4, -0.2) is 0 Å². The summed E-state index contributed by atoms with van der Waals surface area (Å²) < 4.78 is 0. The van der Waals surface area contributed by atoms with Crippen LogP contribution in [0.2, 0.25) is 0 Å². The fourth-order valence-corrected chi connectivity index (χ4v) is 1.21. The van der Waals surface area contributed by atoms with E-state index < -0.39 is 0 Å². The van der Waals surface area contributed by atoms with Crippen LogP contribution in [0.25, 0.3) is 0 Å². The Morgan fingerprint density at radius 2 is 1.89 bits per heavy atom. The molecule has 1 saturated carbocycles. The van der Waals surface area contributed by atoms with E-state index in [1.807, 2.05) is 0 Å². The molecule has 0 bridgehead atoms. The smallest absolute Gasteiger partial charge is 0.0116 e. The Kier molecular flexibility index (Phi) is 1.42. The third kappa shape index (κ3) is 1.17. The predicted molar refractivity (Wildman–Crippen MR) is 41.3 cm³/mol. The van der Waals surface area contributed by atoms with Gasteiger partial charge in [0.15, 0.2) is 0 Å². The second kappa shape index (κ2) is 1.86. The van der Waals surface area contributed by atoms with Crippen LogP contribution >= 0.6 is 0 Å². The zero-order valence-corrected chi connectivity index (χ0v) is 6.70. The Balaban J connectivity index is 2.53. The first-order valence-corrected chi connectivity index (χ1v) is 3.75. The van der Waals surface area contributed by atoms with Gasteiger partial charge in [0.05, 0.1) is 0 Å². The molecule has 0 amide bonds. The summed E-state index contributed by atoms with van der Waals surface area (Å²) in [6.45, 7) is 10.9. The summed E-state index contributed by atoms with van der Waals surface area (Å²) in [6, 6.07) is 0. The van der Waals surface area contributed by atoms with Crippen molar-refractivity contribution < 1.29 is 0 Å². The van der Waals surface area contributed by atoms with Crippen LogP contribution in [-0.2, 0) is 0 Å². The van der Waals surface area contributed by atoms with E-state index in [1.54, 1.807) is 0 Å². The molecule has 0 spiro atoms. The van der Waals surface area contributed by atoms with Crippen LogP contribution in [0.4, 0.5) is 0 Å². The van der Waals surface area contributed by atoms with Crippen LogP contribution in [0.3, 0.4) is 0 Å². The number of hydrogen-bond donors (Lipinski definition) is 0. The van der Waals surface area contributed by atoms with Crippen molar-refractivity contribution in [2.45, 2.75) is 33.6 Å². The topological polar surface area (TPSA) is 0 Å². The molecule has 1 aliphatic carbocycles. The first-order valence-electron chi connectivity index (χ1n) is 3.75. The van der Waals surface area contributed by atoms with E-state index in [-0.39, 0.29) is 0 Å². The molecule has 0 heteroatoms. The summed E-state index contributed by atoms with van der Waals surface area (Å²) in [5.74, 6) is 0.678. The molecule has 0 N–H and O–H groups in total. The molecule has 0 aromatic heterocycles. The Morgan fingerprint density at radius 1 is 1.44 bits per heavy atom. The third-order valence-electron chi connectivity index (χ3n) is 2.47. The van der Waals surface area contributed by atoms with E-state index in [4.69, 9.17) is 0 Å². The van der Waals surface area contributed by atoms with Crippen molar-refractivity contribution in [3.8, 4) is 0 Å². The lowest BCUT2D eigenvalue weighted by atomic mass is 9.90. The minimum Gasteiger partial charge on any atom is -0.0991 e. The Hall–Kier alpha value is -0.260. The highest BCUT2D eigenvalue weighted by Gasteiger charge is 2.40. The van der Waals surface area contributed by atoms with Crippen LogP contribution in [0.15, 0.2) is 12.2 Å². The minimum absolute atomic E-state index is 0.536. The Labute approximate surface area is 58.0 Å². The zero-order chi connectivity index (χ0) is 7.07. The van der Waals surface area contributed by atoms with Crippen molar-refractivity contribution in [1.82, 2.24) is 0 Å². The minimum atomic E-state index is 0.536. The standard InChI is InChI=1S/C9H16/c1-7(2)8(3)9(4)5-6-9/h7H,3,5-6H2,1-2,4H3. The first kappa shape index (κ1) is 6.85. The van der Waals surface area contributed by atoms with Crippen molar-refractivity contribution >= 4 is 0 Å². The summed E-state index contributed by atoms with van der Waals surface area (Å²) in [5, 5.41) is 0. The summed E-state index contributed by atoms with van der Waals surface area (Å²) >= 11 is 0. The maximum absolute atomic E-state index is 4.09. The molecule has 0 heterocycles. The normalized spacial score (nSPS) is 22.2. The second-order valence-corrected chi connectivity index (χ2v) is 3.74. The maximum atomic E-state index is 4.09. The fraction of sp³-hybridized carbons (Fsp3) is 0.778. The second-order valence-electron chi connectivity index (χ2n) is 3.74. The van der Waals surface area contributed by atoms with Crippen molar-refractivity contribution in [2.24, 2.45) is 11.3 Å². The molecule has 0 aliphatic heterocycles. The first-order chi connectivity index (χ1) is 4.06. The van der Waals surface area contributed by atoms with Gasteiger partial charge in [-0.15, -0.1) is 0 Å². The molecule has 0 unspecified atom stereocenters. The van der Waals surface area contributed by atoms with Gasteiger partial charge in [0.1, 0.15) is 0 Å². The summed E-state index contributed by atoms with van der Waals surface area (Å²) in [7, 11) is 0. The third-order valence-corrected chi connectivity index (χ3v) is 2.47. The van der Waals surface area contributed by atoms with Crippen molar-refractivity contribution in [3.63, 3.8) is 0 Å². The molecule has 1 fully saturated rings. The van der Waals surface area contributed by atoms with E-state index in [1.165, 1.54) is 18.4 Å². The van der Waals surface area contributed by atoms with Crippen molar-refractivity contribution in [1.29, 1.82) is 0 Å². The molecule has 0 radical (unpaired) electrons. The number of rotatable bonds is 2. The van der Waals surface area contributed by atoms with Crippen LogP contribution in [0.1, 0.15) is 33.6 Å². The van der Waals surface area contributed by atoms with E-state index in [9.17, 15) is 0 Å².